The molecule has 1 saturated carbocycles. The fraction of sp³-hybridized carbons (Fsp3) is 1.00. The summed E-state index contributed by atoms with van der Waals surface area (Å²) in [5.41, 5.74) is 0.436. The maximum Gasteiger partial charge on any atom is 0.0271 e. The highest BCUT2D eigenvalue weighted by atomic mass is 15.2. The molecular weight excluding hydrogens is 220 g/mol. The van der Waals surface area contributed by atoms with Gasteiger partial charge in [0.2, 0.25) is 0 Å². The Morgan fingerprint density at radius 3 is 2.00 bits per heavy atom. The Balaban J connectivity index is 2.78. The van der Waals surface area contributed by atoms with Crippen LogP contribution in [0.4, 0.5) is 0 Å². The molecule has 1 N–H and O–H groups in total. The van der Waals surface area contributed by atoms with E-state index in [1.54, 1.807) is 0 Å². The Labute approximate surface area is 115 Å². The predicted molar refractivity (Wildman–Crippen MR) is 80.9 cm³/mol. The van der Waals surface area contributed by atoms with E-state index in [4.69, 9.17) is 0 Å². The monoisotopic (exact) mass is 254 g/mol. The summed E-state index contributed by atoms with van der Waals surface area (Å²) in [6, 6.07) is 1.35. The molecule has 2 unspecified atom stereocenters. The Morgan fingerprint density at radius 1 is 1.11 bits per heavy atom. The number of nitrogens with one attached hydrogen (secondary N) is 1. The van der Waals surface area contributed by atoms with E-state index in [1.165, 1.54) is 25.9 Å². The molecule has 18 heavy (non-hydrogen) atoms. The number of hydrogen-bond donors (Lipinski definition) is 1. The van der Waals surface area contributed by atoms with Gasteiger partial charge in [0.05, 0.1) is 0 Å². The maximum atomic E-state index is 3.59. The summed E-state index contributed by atoms with van der Waals surface area (Å²) in [5.74, 6) is 1.51. The summed E-state index contributed by atoms with van der Waals surface area (Å²) in [6.45, 7) is 16.6. The van der Waals surface area contributed by atoms with Crippen LogP contribution in [0.3, 0.4) is 0 Å². The van der Waals surface area contributed by atoms with E-state index in [-0.39, 0.29) is 0 Å². The molecule has 0 spiro atoms. The fourth-order valence-corrected chi connectivity index (χ4v) is 3.62. The SMILES string of the molecule is CNC1C(N(CC(C)C)CC(C)C)CCC1(C)C. The van der Waals surface area contributed by atoms with E-state index in [9.17, 15) is 0 Å². The lowest BCUT2D eigenvalue weighted by atomic mass is 9.86. The van der Waals surface area contributed by atoms with Gasteiger partial charge < -0.3 is 5.32 Å². The molecule has 2 atom stereocenters. The van der Waals surface area contributed by atoms with Crippen LogP contribution in [0.1, 0.15) is 54.4 Å². The van der Waals surface area contributed by atoms with Crippen LogP contribution < -0.4 is 5.32 Å². The van der Waals surface area contributed by atoms with E-state index in [0.29, 0.717) is 11.5 Å². The smallest absolute Gasteiger partial charge is 0.0271 e. The molecule has 0 aliphatic heterocycles. The van der Waals surface area contributed by atoms with Crippen LogP contribution in [0.25, 0.3) is 0 Å². The van der Waals surface area contributed by atoms with Crippen LogP contribution in [-0.2, 0) is 0 Å². The topological polar surface area (TPSA) is 15.3 Å². The molecule has 0 aromatic carbocycles. The minimum Gasteiger partial charge on any atom is -0.315 e. The Kier molecular flexibility index (Phi) is 5.67. The van der Waals surface area contributed by atoms with Crippen molar-refractivity contribution in [2.45, 2.75) is 66.5 Å². The molecule has 0 saturated heterocycles. The van der Waals surface area contributed by atoms with Gasteiger partial charge in [-0.1, -0.05) is 41.5 Å². The summed E-state index contributed by atoms with van der Waals surface area (Å²) in [5, 5.41) is 3.59. The quantitative estimate of drug-likeness (QED) is 0.782. The highest BCUT2D eigenvalue weighted by molar-refractivity contribution is 5.00. The van der Waals surface area contributed by atoms with E-state index >= 15 is 0 Å². The van der Waals surface area contributed by atoms with Crippen molar-refractivity contribution in [1.29, 1.82) is 0 Å². The standard InChI is InChI=1S/C16H34N2/c1-12(2)10-18(11-13(3)4)14-8-9-16(5,6)15(14)17-7/h12-15,17H,8-11H2,1-7H3. The molecule has 0 heterocycles. The van der Waals surface area contributed by atoms with Crippen molar-refractivity contribution in [3.05, 3.63) is 0 Å². The van der Waals surface area contributed by atoms with Gasteiger partial charge in [-0.25, -0.2) is 0 Å². The molecule has 2 nitrogen and oxygen atoms in total. The van der Waals surface area contributed by atoms with Gasteiger partial charge in [-0.05, 0) is 37.1 Å². The summed E-state index contributed by atoms with van der Waals surface area (Å²) in [6.07, 6.45) is 2.69. The molecule has 0 bridgehead atoms. The Bertz CT molecular complexity index is 235. The van der Waals surface area contributed by atoms with Crippen LogP contribution in [-0.4, -0.2) is 37.1 Å². The van der Waals surface area contributed by atoms with Crippen LogP contribution in [0, 0.1) is 17.3 Å². The molecule has 1 aliphatic rings. The van der Waals surface area contributed by atoms with E-state index in [0.717, 1.165) is 17.9 Å². The second-order valence-electron chi connectivity index (χ2n) is 7.60. The fourth-order valence-electron chi connectivity index (χ4n) is 3.62. The zero-order chi connectivity index (χ0) is 13.9. The second kappa shape index (κ2) is 6.38. The zero-order valence-electron chi connectivity index (χ0n) is 13.6. The van der Waals surface area contributed by atoms with Crippen molar-refractivity contribution < 1.29 is 0 Å². The van der Waals surface area contributed by atoms with Crippen molar-refractivity contribution in [1.82, 2.24) is 10.2 Å². The van der Waals surface area contributed by atoms with Gasteiger partial charge in [-0.2, -0.15) is 0 Å². The normalized spacial score (nSPS) is 27.7. The second-order valence-corrected chi connectivity index (χ2v) is 7.60. The molecule has 2 heteroatoms. The molecule has 0 aromatic heterocycles. The average molecular weight is 254 g/mol. The van der Waals surface area contributed by atoms with E-state index < -0.39 is 0 Å². The van der Waals surface area contributed by atoms with E-state index in [1.807, 2.05) is 0 Å². The van der Waals surface area contributed by atoms with Crippen LogP contribution in [0.5, 0.6) is 0 Å². The summed E-state index contributed by atoms with van der Waals surface area (Å²) in [4.78, 5) is 2.74. The highest BCUT2D eigenvalue weighted by Crippen LogP contribution is 2.40. The van der Waals surface area contributed by atoms with Gasteiger partial charge in [0, 0.05) is 25.2 Å². The first-order valence-corrected chi connectivity index (χ1v) is 7.69. The van der Waals surface area contributed by atoms with Gasteiger partial charge in [-0.3, -0.25) is 4.90 Å². The van der Waals surface area contributed by atoms with Gasteiger partial charge in [-0.15, -0.1) is 0 Å². The number of hydrogen-bond acceptors (Lipinski definition) is 2. The zero-order valence-corrected chi connectivity index (χ0v) is 13.6. The van der Waals surface area contributed by atoms with Crippen molar-refractivity contribution in [2.75, 3.05) is 20.1 Å². The first-order chi connectivity index (χ1) is 8.27. The predicted octanol–water partition coefficient (Wildman–Crippen LogP) is 3.38. The third-order valence-electron chi connectivity index (χ3n) is 4.29. The van der Waals surface area contributed by atoms with Gasteiger partial charge >= 0.3 is 0 Å². The van der Waals surface area contributed by atoms with Crippen molar-refractivity contribution in [2.24, 2.45) is 17.3 Å². The summed E-state index contributed by atoms with van der Waals surface area (Å²) < 4.78 is 0. The molecule has 0 amide bonds. The first kappa shape index (κ1) is 16.0. The van der Waals surface area contributed by atoms with Crippen LogP contribution in [0.15, 0.2) is 0 Å². The van der Waals surface area contributed by atoms with Crippen LogP contribution in [0.2, 0.25) is 0 Å². The molecular formula is C16H34N2. The molecule has 1 fully saturated rings. The van der Waals surface area contributed by atoms with Crippen LogP contribution >= 0.6 is 0 Å². The molecule has 108 valence electrons. The third-order valence-corrected chi connectivity index (χ3v) is 4.29. The summed E-state index contributed by atoms with van der Waals surface area (Å²) in [7, 11) is 2.13. The lowest BCUT2D eigenvalue weighted by molar-refractivity contribution is 0.121. The number of likely N-dealkylation sites (N-methyl/N-ethyl adjacent to an activating group) is 1. The molecule has 0 aromatic rings. The van der Waals surface area contributed by atoms with Gasteiger partial charge in [0.15, 0.2) is 0 Å². The Hall–Kier alpha value is -0.0800. The van der Waals surface area contributed by atoms with Crippen molar-refractivity contribution in [3.63, 3.8) is 0 Å². The maximum absolute atomic E-state index is 3.59. The lowest BCUT2D eigenvalue weighted by Gasteiger charge is -2.38. The van der Waals surface area contributed by atoms with Gasteiger partial charge in [0.25, 0.3) is 0 Å². The minimum atomic E-state index is 0.436. The Morgan fingerprint density at radius 2 is 1.61 bits per heavy atom. The lowest BCUT2D eigenvalue weighted by Crippen LogP contribution is -2.52. The number of rotatable bonds is 6. The average Bonchev–Trinajstić information content (AvgIpc) is 2.50. The van der Waals surface area contributed by atoms with Gasteiger partial charge in [0.1, 0.15) is 0 Å². The first-order valence-electron chi connectivity index (χ1n) is 7.69. The molecule has 1 rings (SSSR count). The highest BCUT2D eigenvalue weighted by Gasteiger charge is 2.43. The van der Waals surface area contributed by atoms with Crippen molar-refractivity contribution >= 4 is 0 Å². The largest absolute Gasteiger partial charge is 0.315 e. The molecule has 1 aliphatic carbocycles. The number of nitrogens with zero attached hydrogens (tertiary/aromatic N) is 1. The third kappa shape index (κ3) is 3.96. The van der Waals surface area contributed by atoms with E-state index in [2.05, 4.69) is 58.8 Å². The molecule has 0 radical (unpaired) electrons. The summed E-state index contributed by atoms with van der Waals surface area (Å²) >= 11 is 0. The minimum absolute atomic E-state index is 0.436. The van der Waals surface area contributed by atoms with Crippen molar-refractivity contribution in [3.8, 4) is 0 Å².